The van der Waals surface area contributed by atoms with E-state index in [0.29, 0.717) is 20.7 Å². The highest BCUT2D eigenvalue weighted by molar-refractivity contribution is 9.10. The van der Waals surface area contributed by atoms with E-state index in [1.54, 1.807) is 36.4 Å². The number of amidine groups is 1. The first-order valence-electron chi connectivity index (χ1n) is 9.03. The minimum absolute atomic E-state index is 0.176. The molecule has 0 saturated heterocycles. The molecule has 8 nitrogen and oxygen atoms in total. The highest BCUT2D eigenvalue weighted by atomic mass is 79.9. The number of nitrogens with zero attached hydrogens (tertiary/aromatic N) is 2. The van der Waals surface area contributed by atoms with Gasteiger partial charge in [-0.2, -0.15) is 5.10 Å². The molecule has 4 rings (SSSR count). The molecule has 4 N–H and O–H groups in total. The third-order valence-electron chi connectivity index (χ3n) is 4.37. The molecule has 0 atom stereocenters. The van der Waals surface area contributed by atoms with Crippen molar-refractivity contribution in [2.45, 2.75) is 0 Å². The summed E-state index contributed by atoms with van der Waals surface area (Å²) in [5.41, 5.74) is 2.06. The number of halogens is 2. The molecule has 0 bridgehead atoms. The van der Waals surface area contributed by atoms with Crippen LogP contribution in [0.1, 0.15) is 26.4 Å². The van der Waals surface area contributed by atoms with Crippen molar-refractivity contribution in [3.63, 3.8) is 0 Å². The van der Waals surface area contributed by atoms with Crippen LogP contribution in [0, 0.1) is 0 Å². The summed E-state index contributed by atoms with van der Waals surface area (Å²) in [5.74, 6) is 0.198. The molecular formula is C20H16BrClN6O2. The first kappa shape index (κ1) is 20.1. The predicted molar refractivity (Wildman–Crippen MR) is 119 cm³/mol. The largest absolute Gasteiger partial charge is 0.368 e. The van der Waals surface area contributed by atoms with E-state index in [4.69, 9.17) is 11.6 Å². The van der Waals surface area contributed by atoms with Crippen LogP contribution in [0.2, 0.25) is 5.02 Å². The average molecular weight is 488 g/mol. The number of aromatic nitrogens is 2. The summed E-state index contributed by atoms with van der Waals surface area (Å²) in [6, 6.07) is 14.0. The Bertz CT molecular complexity index is 1140. The second kappa shape index (κ2) is 8.68. The van der Waals surface area contributed by atoms with Gasteiger partial charge in [-0.25, -0.2) is 0 Å². The van der Waals surface area contributed by atoms with Crippen LogP contribution in [-0.4, -0.2) is 40.9 Å². The van der Waals surface area contributed by atoms with Gasteiger partial charge < -0.3 is 16.0 Å². The van der Waals surface area contributed by atoms with E-state index >= 15 is 0 Å². The van der Waals surface area contributed by atoms with Crippen LogP contribution in [0.4, 0.5) is 11.5 Å². The molecule has 2 amide bonds. The van der Waals surface area contributed by atoms with Crippen molar-refractivity contribution < 1.29 is 9.59 Å². The van der Waals surface area contributed by atoms with Crippen molar-refractivity contribution in [1.29, 1.82) is 0 Å². The van der Waals surface area contributed by atoms with Gasteiger partial charge in [0.05, 0.1) is 21.6 Å². The van der Waals surface area contributed by atoms with E-state index in [0.717, 1.165) is 24.5 Å². The number of nitrogens with one attached hydrogen (secondary N) is 4. The van der Waals surface area contributed by atoms with Crippen LogP contribution >= 0.6 is 27.5 Å². The van der Waals surface area contributed by atoms with Crippen LogP contribution in [-0.2, 0) is 0 Å². The van der Waals surface area contributed by atoms with Crippen LogP contribution in [0.15, 0.2) is 58.0 Å². The van der Waals surface area contributed by atoms with Gasteiger partial charge in [0.25, 0.3) is 11.8 Å². The van der Waals surface area contributed by atoms with Gasteiger partial charge in [-0.1, -0.05) is 23.7 Å². The minimum Gasteiger partial charge on any atom is -0.368 e. The maximum atomic E-state index is 12.6. The predicted octanol–water partition coefficient (Wildman–Crippen LogP) is 3.68. The Hall–Kier alpha value is -3.17. The minimum atomic E-state index is -0.432. The lowest BCUT2D eigenvalue weighted by Crippen LogP contribution is -2.19. The lowest BCUT2D eigenvalue weighted by atomic mass is 10.2. The normalized spacial score (nSPS) is 12.8. The number of rotatable bonds is 5. The Kier molecular flexibility index (Phi) is 5.82. The van der Waals surface area contributed by atoms with Crippen molar-refractivity contribution in [3.05, 3.63) is 74.8 Å². The molecule has 0 unspecified atom stereocenters. The topological polar surface area (TPSA) is 111 Å². The van der Waals surface area contributed by atoms with Gasteiger partial charge in [0.1, 0.15) is 11.5 Å². The molecule has 2 heterocycles. The first-order valence-corrected chi connectivity index (χ1v) is 10.2. The molecule has 0 fully saturated rings. The SMILES string of the molecule is O=C(Nc1n[nH]c(C(=O)Nc2ccc(C3=NCCN3)cc2)c1Br)c1ccccc1Cl. The Morgan fingerprint density at radius 1 is 1.03 bits per heavy atom. The van der Waals surface area contributed by atoms with E-state index in [-0.39, 0.29) is 11.5 Å². The van der Waals surface area contributed by atoms with Crippen LogP contribution < -0.4 is 16.0 Å². The van der Waals surface area contributed by atoms with Crippen molar-refractivity contribution in [2.75, 3.05) is 23.7 Å². The fourth-order valence-corrected chi connectivity index (χ4v) is 3.56. The molecule has 30 heavy (non-hydrogen) atoms. The van der Waals surface area contributed by atoms with Gasteiger partial charge in [0, 0.05) is 17.8 Å². The molecular weight excluding hydrogens is 472 g/mol. The van der Waals surface area contributed by atoms with Crippen LogP contribution in [0.5, 0.6) is 0 Å². The quantitative estimate of drug-likeness (QED) is 0.440. The Morgan fingerprint density at radius 2 is 1.80 bits per heavy atom. The number of carbonyl (C=O) groups is 2. The van der Waals surface area contributed by atoms with E-state index < -0.39 is 11.8 Å². The summed E-state index contributed by atoms with van der Waals surface area (Å²) >= 11 is 9.36. The number of aliphatic imine (C=N–C) groups is 1. The fraction of sp³-hybridized carbons (Fsp3) is 0.100. The van der Waals surface area contributed by atoms with Crippen molar-refractivity contribution in [1.82, 2.24) is 15.5 Å². The molecule has 1 aliphatic heterocycles. The maximum absolute atomic E-state index is 12.6. The molecule has 0 saturated carbocycles. The molecule has 0 spiro atoms. The smallest absolute Gasteiger partial charge is 0.274 e. The zero-order chi connectivity index (χ0) is 21.1. The second-order valence-electron chi connectivity index (χ2n) is 6.38. The van der Waals surface area contributed by atoms with E-state index in [2.05, 4.69) is 47.1 Å². The monoisotopic (exact) mass is 486 g/mol. The summed E-state index contributed by atoms with van der Waals surface area (Å²) in [6.07, 6.45) is 0. The summed E-state index contributed by atoms with van der Waals surface area (Å²) in [7, 11) is 0. The van der Waals surface area contributed by atoms with Gasteiger partial charge in [-0.15, -0.1) is 0 Å². The molecule has 3 aromatic rings. The van der Waals surface area contributed by atoms with Gasteiger partial charge in [0.15, 0.2) is 5.82 Å². The van der Waals surface area contributed by atoms with Crippen LogP contribution in [0.25, 0.3) is 0 Å². The van der Waals surface area contributed by atoms with E-state index in [1.165, 1.54) is 0 Å². The zero-order valence-electron chi connectivity index (χ0n) is 15.5. The summed E-state index contributed by atoms with van der Waals surface area (Å²) in [5, 5.41) is 15.6. The Balaban J connectivity index is 1.44. The molecule has 1 aromatic heterocycles. The third-order valence-corrected chi connectivity index (χ3v) is 5.48. The number of carbonyl (C=O) groups excluding carboxylic acids is 2. The highest BCUT2D eigenvalue weighted by Gasteiger charge is 2.20. The van der Waals surface area contributed by atoms with Crippen molar-refractivity contribution >= 4 is 56.7 Å². The average Bonchev–Trinajstić information content (AvgIpc) is 3.40. The first-order chi connectivity index (χ1) is 14.5. The number of amides is 2. The zero-order valence-corrected chi connectivity index (χ0v) is 17.8. The standard InChI is InChI=1S/C20H16BrClN6O2/c21-15-16(27-28-18(15)26-19(29)13-3-1-2-4-14(13)22)20(30)25-12-7-5-11(6-8-12)17-23-9-10-24-17/h1-8H,9-10H2,(H,23,24)(H,25,30)(H2,26,27,28,29). The number of aromatic amines is 1. The Labute approximate surface area is 185 Å². The number of H-pyrrole nitrogens is 1. The summed E-state index contributed by atoms with van der Waals surface area (Å²) < 4.78 is 0.335. The molecule has 1 aliphatic rings. The van der Waals surface area contributed by atoms with Gasteiger partial charge in [0.2, 0.25) is 0 Å². The lowest BCUT2D eigenvalue weighted by Gasteiger charge is -2.07. The Morgan fingerprint density at radius 3 is 2.50 bits per heavy atom. The fourth-order valence-electron chi connectivity index (χ4n) is 2.88. The van der Waals surface area contributed by atoms with Crippen LogP contribution in [0.3, 0.4) is 0 Å². The van der Waals surface area contributed by atoms with Crippen molar-refractivity contribution in [3.8, 4) is 0 Å². The van der Waals surface area contributed by atoms with Crippen molar-refractivity contribution in [2.24, 2.45) is 4.99 Å². The maximum Gasteiger partial charge on any atom is 0.274 e. The lowest BCUT2D eigenvalue weighted by molar-refractivity contribution is 0.101. The molecule has 152 valence electrons. The third kappa shape index (κ3) is 4.22. The van der Waals surface area contributed by atoms with Gasteiger partial charge in [-0.3, -0.25) is 19.7 Å². The number of benzene rings is 2. The van der Waals surface area contributed by atoms with E-state index in [9.17, 15) is 9.59 Å². The summed E-state index contributed by atoms with van der Waals surface area (Å²) in [4.78, 5) is 29.4. The van der Waals surface area contributed by atoms with Gasteiger partial charge >= 0.3 is 0 Å². The number of hydrogen-bond acceptors (Lipinski definition) is 5. The number of hydrogen-bond donors (Lipinski definition) is 4. The molecule has 10 heteroatoms. The molecule has 0 radical (unpaired) electrons. The van der Waals surface area contributed by atoms with Gasteiger partial charge in [-0.05, 0) is 52.3 Å². The summed E-state index contributed by atoms with van der Waals surface area (Å²) in [6.45, 7) is 1.59. The number of anilines is 2. The molecule has 0 aliphatic carbocycles. The highest BCUT2D eigenvalue weighted by Crippen LogP contribution is 2.26. The molecule has 2 aromatic carbocycles. The van der Waals surface area contributed by atoms with E-state index in [1.807, 2.05) is 12.1 Å². The second-order valence-corrected chi connectivity index (χ2v) is 7.58.